The summed E-state index contributed by atoms with van der Waals surface area (Å²) < 4.78 is 25.6. The van der Waals surface area contributed by atoms with Crippen molar-refractivity contribution in [3.05, 3.63) is 68.9 Å². The van der Waals surface area contributed by atoms with Crippen LogP contribution in [-0.2, 0) is 29.5 Å². The van der Waals surface area contributed by atoms with Crippen molar-refractivity contribution in [1.82, 2.24) is 14.5 Å². The average Bonchev–Trinajstić information content (AvgIpc) is 2.80. The second-order valence-corrected chi connectivity index (χ2v) is 8.00. The maximum Gasteiger partial charge on any atom is 0.347 e. The van der Waals surface area contributed by atoms with Gasteiger partial charge in [0.15, 0.2) is 11.3 Å². The van der Waals surface area contributed by atoms with E-state index in [0.29, 0.717) is 31.7 Å². The van der Waals surface area contributed by atoms with Crippen LogP contribution in [-0.4, -0.2) is 58.4 Å². The number of aromatic hydroxyl groups is 1. The van der Waals surface area contributed by atoms with E-state index in [2.05, 4.69) is 9.88 Å². The number of rotatable bonds is 6. The minimum atomic E-state index is -0.887. The van der Waals surface area contributed by atoms with E-state index in [9.17, 15) is 19.1 Å². The number of pyridine rings is 2. The van der Waals surface area contributed by atoms with Crippen molar-refractivity contribution in [2.24, 2.45) is 7.05 Å². The zero-order chi connectivity index (χ0) is 23.5. The van der Waals surface area contributed by atoms with Gasteiger partial charge in [-0.25, -0.2) is 9.18 Å². The molecule has 1 fully saturated rings. The standard InChI is InChI=1S/C24H26FN3O5/c1-3-33-24(31)20-22(29)21-19(27(2)23(20)30)11-15(13-26-21)10-16-4-5-18(25)12-17(16)14-28-6-8-32-9-7-28/h4-5,11-13,29H,3,6-10,14H2,1-2H3. The first kappa shape index (κ1) is 22.9. The van der Waals surface area contributed by atoms with E-state index < -0.39 is 22.8 Å². The van der Waals surface area contributed by atoms with E-state index in [-0.39, 0.29) is 17.9 Å². The Morgan fingerprint density at radius 1 is 1.24 bits per heavy atom. The highest BCUT2D eigenvalue weighted by molar-refractivity contribution is 5.98. The van der Waals surface area contributed by atoms with Gasteiger partial charge in [-0.15, -0.1) is 0 Å². The second kappa shape index (κ2) is 9.68. The molecule has 1 saturated heterocycles. The Hall–Kier alpha value is -3.30. The van der Waals surface area contributed by atoms with Crippen LogP contribution in [0.15, 0.2) is 35.3 Å². The molecule has 174 valence electrons. The number of halogens is 1. The van der Waals surface area contributed by atoms with Crippen molar-refractivity contribution in [2.75, 3.05) is 32.9 Å². The largest absolute Gasteiger partial charge is 0.505 e. The molecule has 0 aliphatic carbocycles. The number of hydrogen-bond donors (Lipinski definition) is 1. The maximum absolute atomic E-state index is 14.0. The second-order valence-electron chi connectivity index (χ2n) is 8.00. The molecule has 1 aliphatic rings. The first-order chi connectivity index (χ1) is 15.9. The molecule has 0 unspecified atom stereocenters. The minimum absolute atomic E-state index is 0.0797. The first-order valence-corrected chi connectivity index (χ1v) is 10.8. The lowest BCUT2D eigenvalue weighted by Gasteiger charge is -2.27. The molecule has 3 heterocycles. The normalized spacial score (nSPS) is 14.5. The number of nitrogens with zero attached hydrogens (tertiary/aromatic N) is 3. The molecule has 33 heavy (non-hydrogen) atoms. The number of hydrogen-bond acceptors (Lipinski definition) is 7. The van der Waals surface area contributed by atoms with Gasteiger partial charge in [-0.2, -0.15) is 0 Å². The summed E-state index contributed by atoms with van der Waals surface area (Å²) in [5.74, 6) is -1.67. The topological polar surface area (TPSA) is 93.9 Å². The molecule has 1 aliphatic heterocycles. The molecule has 3 aromatic rings. The summed E-state index contributed by atoms with van der Waals surface area (Å²) in [6, 6.07) is 6.49. The van der Waals surface area contributed by atoms with Crippen LogP contribution in [0.5, 0.6) is 5.75 Å². The first-order valence-electron chi connectivity index (χ1n) is 10.8. The van der Waals surface area contributed by atoms with Crippen LogP contribution in [0.2, 0.25) is 0 Å². The summed E-state index contributed by atoms with van der Waals surface area (Å²) in [6.45, 7) is 5.20. The molecule has 4 rings (SSSR count). The molecule has 2 aromatic heterocycles. The van der Waals surface area contributed by atoms with Crippen LogP contribution in [0.3, 0.4) is 0 Å². The van der Waals surface area contributed by atoms with Gasteiger partial charge in [0.25, 0.3) is 5.56 Å². The van der Waals surface area contributed by atoms with Gasteiger partial charge in [0.05, 0.1) is 25.3 Å². The molecule has 9 heteroatoms. The van der Waals surface area contributed by atoms with Crippen molar-refractivity contribution in [1.29, 1.82) is 0 Å². The fourth-order valence-corrected chi connectivity index (χ4v) is 4.05. The van der Waals surface area contributed by atoms with Crippen LogP contribution in [0, 0.1) is 5.82 Å². The number of ether oxygens (including phenoxy) is 2. The number of fused-ring (bicyclic) bond motifs is 1. The van der Waals surface area contributed by atoms with E-state index in [4.69, 9.17) is 9.47 Å². The highest BCUT2D eigenvalue weighted by atomic mass is 19.1. The average molecular weight is 455 g/mol. The Balaban J connectivity index is 1.69. The highest BCUT2D eigenvalue weighted by Gasteiger charge is 2.23. The zero-order valence-electron chi connectivity index (χ0n) is 18.6. The van der Waals surface area contributed by atoms with Gasteiger partial charge in [0.2, 0.25) is 0 Å². The monoisotopic (exact) mass is 455 g/mol. The van der Waals surface area contributed by atoms with Gasteiger partial charge in [-0.05, 0) is 48.2 Å². The van der Waals surface area contributed by atoms with Crippen molar-refractivity contribution >= 4 is 17.0 Å². The number of aryl methyl sites for hydroxylation is 1. The summed E-state index contributed by atoms with van der Waals surface area (Å²) in [5, 5.41) is 10.6. The lowest BCUT2D eigenvalue weighted by molar-refractivity contribution is 0.0340. The minimum Gasteiger partial charge on any atom is -0.505 e. The van der Waals surface area contributed by atoms with Crippen LogP contribution in [0.4, 0.5) is 4.39 Å². The molecule has 1 aromatic carbocycles. The zero-order valence-corrected chi connectivity index (χ0v) is 18.6. The molecule has 0 saturated carbocycles. The maximum atomic E-state index is 14.0. The molecule has 0 spiro atoms. The fraction of sp³-hybridized carbons (Fsp3) is 0.375. The highest BCUT2D eigenvalue weighted by Crippen LogP contribution is 2.26. The summed E-state index contributed by atoms with van der Waals surface area (Å²) in [6.07, 6.45) is 2.06. The third kappa shape index (κ3) is 4.74. The molecule has 0 amide bonds. The SMILES string of the molecule is CCOC(=O)c1c(O)c2ncc(Cc3ccc(F)cc3CN3CCOCC3)cc2n(C)c1=O. The lowest BCUT2D eigenvalue weighted by atomic mass is 9.99. The summed E-state index contributed by atoms with van der Waals surface area (Å²) in [7, 11) is 1.51. The quantitative estimate of drug-likeness (QED) is 0.571. The number of carbonyl (C=O) groups is 1. The van der Waals surface area contributed by atoms with Gasteiger partial charge in [0.1, 0.15) is 11.3 Å². The van der Waals surface area contributed by atoms with Crippen molar-refractivity contribution in [3.63, 3.8) is 0 Å². The fourth-order valence-electron chi connectivity index (χ4n) is 4.05. The third-order valence-electron chi connectivity index (χ3n) is 5.81. The van der Waals surface area contributed by atoms with Gasteiger partial charge in [-0.1, -0.05) is 6.07 Å². The number of benzene rings is 1. The van der Waals surface area contributed by atoms with Crippen molar-refractivity contribution < 1.29 is 23.8 Å². The van der Waals surface area contributed by atoms with E-state index >= 15 is 0 Å². The van der Waals surface area contributed by atoms with Crippen LogP contribution in [0.1, 0.15) is 34.0 Å². The Kier molecular flexibility index (Phi) is 6.71. The molecule has 0 bridgehead atoms. The van der Waals surface area contributed by atoms with Gasteiger partial charge in [0, 0.05) is 32.9 Å². The van der Waals surface area contributed by atoms with E-state index in [1.165, 1.54) is 17.7 Å². The lowest BCUT2D eigenvalue weighted by Crippen LogP contribution is -2.35. The van der Waals surface area contributed by atoms with Gasteiger partial charge < -0.3 is 19.1 Å². The van der Waals surface area contributed by atoms with E-state index in [0.717, 1.165) is 29.8 Å². The predicted octanol–water partition coefficient (Wildman–Crippen LogP) is 2.38. The number of esters is 1. The Morgan fingerprint density at radius 3 is 2.73 bits per heavy atom. The Bertz CT molecular complexity index is 1250. The van der Waals surface area contributed by atoms with Crippen molar-refractivity contribution in [3.8, 4) is 5.75 Å². The third-order valence-corrected chi connectivity index (χ3v) is 5.81. The molecule has 1 N–H and O–H groups in total. The molecule has 8 nitrogen and oxygen atoms in total. The van der Waals surface area contributed by atoms with Gasteiger partial charge >= 0.3 is 5.97 Å². The Morgan fingerprint density at radius 2 is 2.00 bits per heavy atom. The van der Waals surface area contributed by atoms with Crippen LogP contribution in [0.25, 0.3) is 11.0 Å². The summed E-state index contributed by atoms with van der Waals surface area (Å²) in [4.78, 5) is 31.4. The smallest absolute Gasteiger partial charge is 0.347 e. The number of carbonyl (C=O) groups excluding carboxylic acids is 1. The van der Waals surface area contributed by atoms with Crippen LogP contribution < -0.4 is 5.56 Å². The molecule has 0 radical (unpaired) electrons. The summed E-state index contributed by atoms with van der Waals surface area (Å²) >= 11 is 0. The van der Waals surface area contributed by atoms with Crippen molar-refractivity contribution in [2.45, 2.75) is 19.9 Å². The van der Waals surface area contributed by atoms with Crippen LogP contribution >= 0.6 is 0 Å². The predicted molar refractivity (Wildman–Crippen MR) is 120 cm³/mol. The molecular formula is C24H26FN3O5. The van der Waals surface area contributed by atoms with E-state index in [1.54, 1.807) is 31.3 Å². The van der Waals surface area contributed by atoms with E-state index in [1.807, 2.05) is 0 Å². The Labute approximate surface area is 190 Å². The van der Waals surface area contributed by atoms with Gasteiger partial charge in [-0.3, -0.25) is 14.7 Å². The number of aromatic nitrogens is 2. The molecular weight excluding hydrogens is 429 g/mol. The number of morpholine rings is 1. The molecule has 0 atom stereocenters. The summed E-state index contributed by atoms with van der Waals surface area (Å²) in [5.41, 5.74) is 2.05.